The highest BCUT2D eigenvalue weighted by molar-refractivity contribution is 8.19. The quantitative estimate of drug-likeness (QED) is 0.273. The van der Waals surface area contributed by atoms with Gasteiger partial charge in [-0.2, -0.15) is 9.39 Å². The average Bonchev–Trinajstić information content (AvgIpc) is 3.44. The van der Waals surface area contributed by atoms with Crippen molar-refractivity contribution in [2.24, 2.45) is 9.39 Å². The van der Waals surface area contributed by atoms with Crippen LogP contribution in [0.1, 0.15) is 29.1 Å². The summed E-state index contributed by atoms with van der Waals surface area (Å²) < 4.78 is 15.4. The van der Waals surface area contributed by atoms with Crippen LogP contribution in [-0.2, 0) is 4.79 Å². The average molecular weight is 487 g/mol. The number of carbonyl (C=O) groups is 2. The van der Waals surface area contributed by atoms with Gasteiger partial charge in [0.2, 0.25) is 5.17 Å². The Morgan fingerprint density at radius 3 is 2.84 bits per heavy atom. The van der Waals surface area contributed by atoms with Crippen LogP contribution >= 0.6 is 35.0 Å². The number of hydrogen-bond acceptors (Lipinski definition) is 9. The first-order valence-corrected chi connectivity index (χ1v) is 12.3. The molecule has 11 heteroatoms. The molecule has 2 aliphatic rings. The van der Waals surface area contributed by atoms with E-state index >= 15 is 0 Å². The van der Waals surface area contributed by atoms with Crippen LogP contribution in [0.3, 0.4) is 0 Å². The van der Waals surface area contributed by atoms with Gasteiger partial charge in [-0.25, -0.2) is 9.69 Å². The highest BCUT2D eigenvalue weighted by atomic mass is 32.2. The maximum Gasteiger partial charge on any atom is 0.353 e. The highest BCUT2D eigenvalue weighted by Crippen LogP contribution is 2.34. The molecule has 32 heavy (non-hydrogen) atoms. The molecule has 2 aliphatic heterocycles. The summed E-state index contributed by atoms with van der Waals surface area (Å²) in [6.45, 7) is 4.18. The van der Waals surface area contributed by atoms with Crippen molar-refractivity contribution in [2.45, 2.75) is 13.8 Å². The number of nitrogens with zero attached hydrogens (tertiary/aromatic N) is 3. The van der Waals surface area contributed by atoms with Gasteiger partial charge in [-0.05, 0) is 47.9 Å². The molecule has 3 heterocycles. The zero-order valence-corrected chi connectivity index (χ0v) is 19.6. The molecule has 0 radical (unpaired) electrons. The van der Waals surface area contributed by atoms with E-state index in [0.717, 1.165) is 17.7 Å². The van der Waals surface area contributed by atoms with Gasteiger partial charge < -0.3 is 9.47 Å². The number of fused-ring (bicyclic) bond motifs is 1. The summed E-state index contributed by atoms with van der Waals surface area (Å²) in [7, 11) is 0. The van der Waals surface area contributed by atoms with Crippen LogP contribution < -0.4 is 9.47 Å². The minimum atomic E-state index is -0.502. The summed E-state index contributed by atoms with van der Waals surface area (Å²) in [6.07, 6.45) is 1.58. The fourth-order valence-corrected chi connectivity index (χ4v) is 5.07. The molecule has 1 aromatic carbocycles. The molecule has 0 saturated carbocycles. The van der Waals surface area contributed by atoms with Gasteiger partial charge in [-0.15, -0.1) is 11.3 Å². The minimum Gasteiger partial charge on any atom is -0.490 e. The number of carbonyl (C=O) groups excluding carboxylic acids is 2. The van der Waals surface area contributed by atoms with Crippen LogP contribution in [0.4, 0.5) is 0 Å². The van der Waals surface area contributed by atoms with Crippen LogP contribution in [0.5, 0.6) is 11.5 Å². The first kappa shape index (κ1) is 22.3. The van der Waals surface area contributed by atoms with Gasteiger partial charge in [-0.1, -0.05) is 30.8 Å². The summed E-state index contributed by atoms with van der Waals surface area (Å²) >= 11 is 3.86. The molecular weight excluding hydrogens is 468 g/mol. The van der Waals surface area contributed by atoms with E-state index in [0.29, 0.717) is 33.1 Å². The van der Waals surface area contributed by atoms with Crippen LogP contribution in [-0.4, -0.2) is 45.3 Å². The van der Waals surface area contributed by atoms with Crippen molar-refractivity contribution >= 4 is 69.2 Å². The summed E-state index contributed by atoms with van der Waals surface area (Å²) in [6, 6.07) is 8.44. The molecule has 0 fully saturated rings. The molecule has 8 nitrogen and oxygen atoms in total. The lowest BCUT2D eigenvalue weighted by molar-refractivity contribution is -0.114. The number of hydrogen-bond donors (Lipinski definition) is 1. The number of aliphatic imine (C=N–C) groups is 1. The van der Waals surface area contributed by atoms with E-state index in [1.807, 2.05) is 13.8 Å². The normalized spacial score (nSPS) is 16.7. The van der Waals surface area contributed by atoms with Crippen molar-refractivity contribution in [1.82, 2.24) is 4.90 Å². The zero-order valence-electron chi connectivity index (χ0n) is 17.2. The van der Waals surface area contributed by atoms with Gasteiger partial charge in [0.15, 0.2) is 16.7 Å². The van der Waals surface area contributed by atoms with Crippen molar-refractivity contribution in [2.75, 3.05) is 12.4 Å². The van der Waals surface area contributed by atoms with Gasteiger partial charge in [0, 0.05) is 0 Å². The van der Waals surface area contributed by atoms with Crippen LogP contribution in [0, 0.1) is 5.41 Å². The van der Waals surface area contributed by atoms with Crippen molar-refractivity contribution < 1.29 is 19.1 Å². The number of nitrogens with one attached hydrogen (secondary N) is 1. The molecule has 0 unspecified atom stereocenters. The molecule has 0 bridgehead atoms. The second-order valence-electron chi connectivity index (χ2n) is 6.35. The van der Waals surface area contributed by atoms with Gasteiger partial charge in [0.25, 0.3) is 5.91 Å². The topological polar surface area (TPSA) is 104 Å². The number of esters is 1. The molecule has 0 spiro atoms. The Morgan fingerprint density at radius 2 is 2.12 bits per heavy atom. The predicted molar refractivity (Wildman–Crippen MR) is 130 cm³/mol. The first-order valence-electron chi connectivity index (χ1n) is 9.66. The number of thioether (sulfide) groups is 1. The Morgan fingerprint density at radius 1 is 1.28 bits per heavy atom. The fourth-order valence-electron chi connectivity index (χ4n) is 2.90. The molecule has 0 aliphatic carbocycles. The van der Waals surface area contributed by atoms with Crippen LogP contribution in [0.15, 0.2) is 50.7 Å². The van der Waals surface area contributed by atoms with Gasteiger partial charge in [0.05, 0.1) is 24.1 Å². The highest BCUT2D eigenvalue weighted by Gasteiger charge is 2.37. The Kier molecular flexibility index (Phi) is 6.77. The van der Waals surface area contributed by atoms with E-state index in [2.05, 4.69) is 9.39 Å². The van der Waals surface area contributed by atoms with E-state index in [4.69, 9.17) is 14.9 Å². The predicted octanol–water partition coefficient (Wildman–Crippen LogP) is 4.70. The van der Waals surface area contributed by atoms with Crippen molar-refractivity contribution in [1.29, 1.82) is 5.41 Å². The van der Waals surface area contributed by atoms with Gasteiger partial charge >= 0.3 is 5.97 Å². The molecule has 0 atom stereocenters. The Balaban J connectivity index is 1.63. The van der Waals surface area contributed by atoms with Crippen molar-refractivity contribution in [3.8, 4) is 11.5 Å². The Labute approximate surface area is 197 Å². The zero-order chi connectivity index (χ0) is 22.7. The van der Waals surface area contributed by atoms with Gasteiger partial charge in [0.1, 0.15) is 10.7 Å². The molecule has 0 saturated heterocycles. The number of thiophene rings is 1. The number of amides is 1. The van der Waals surface area contributed by atoms with Crippen molar-refractivity contribution in [3.63, 3.8) is 0 Å². The van der Waals surface area contributed by atoms with Crippen molar-refractivity contribution in [3.05, 3.63) is 51.7 Å². The smallest absolute Gasteiger partial charge is 0.353 e. The summed E-state index contributed by atoms with van der Waals surface area (Å²) in [5.41, 5.74) is 0.760. The number of amidine groups is 3. The van der Waals surface area contributed by atoms with Crippen LogP contribution in [0.2, 0.25) is 0 Å². The Bertz CT molecular complexity index is 1170. The SMILES string of the molecule is CCOc1cc(/C=C2/C(=N)N3C(SCC)=NSC3=NC2=O)ccc1OC(=O)c1cccs1. The van der Waals surface area contributed by atoms with E-state index in [-0.39, 0.29) is 17.2 Å². The molecule has 4 rings (SSSR count). The van der Waals surface area contributed by atoms with E-state index in [1.165, 1.54) is 23.1 Å². The number of ether oxygens (including phenoxy) is 2. The standard InChI is InChI=1S/C21H18N4O4S3/c1-3-28-15-11-12(7-8-14(15)29-19(27)16-6-5-9-31-16)10-13-17(22)25-20(23-18(13)26)32-24-21(25)30-4-2/h5-11,22H,3-4H2,1-2H3/b13-10-,22-17?. The maximum absolute atomic E-state index is 12.6. The molecule has 1 aromatic heterocycles. The fraction of sp³-hybridized carbons (Fsp3) is 0.190. The first-order chi connectivity index (χ1) is 15.5. The summed E-state index contributed by atoms with van der Waals surface area (Å²) in [5, 5.41) is 11.4. The lowest BCUT2D eigenvalue weighted by atomic mass is 10.1. The monoisotopic (exact) mass is 486 g/mol. The summed E-state index contributed by atoms with van der Waals surface area (Å²) in [5.74, 6) is 0.486. The third kappa shape index (κ3) is 4.50. The Hall–Kier alpha value is -2.89. The lowest BCUT2D eigenvalue weighted by Crippen LogP contribution is -2.41. The molecule has 2 aromatic rings. The second-order valence-corrected chi connectivity index (χ2v) is 9.25. The largest absolute Gasteiger partial charge is 0.490 e. The molecule has 1 N–H and O–H groups in total. The third-order valence-corrected chi connectivity index (χ3v) is 6.76. The second kappa shape index (κ2) is 9.72. The summed E-state index contributed by atoms with van der Waals surface area (Å²) in [4.78, 5) is 31.0. The van der Waals surface area contributed by atoms with E-state index < -0.39 is 11.9 Å². The van der Waals surface area contributed by atoms with Gasteiger partial charge in [-0.3, -0.25) is 10.2 Å². The minimum absolute atomic E-state index is 0.0239. The van der Waals surface area contributed by atoms with E-state index in [9.17, 15) is 9.59 Å². The maximum atomic E-state index is 12.6. The van der Waals surface area contributed by atoms with Crippen LogP contribution in [0.25, 0.3) is 6.08 Å². The molecular formula is C21H18N4O4S3. The number of rotatable bonds is 6. The third-order valence-electron chi connectivity index (χ3n) is 4.27. The molecule has 1 amide bonds. The molecule has 164 valence electrons. The van der Waals surface area contributed by atoms with E-state index in [1.54, 1.807) is 46.7 Å². The lowest BCUT2D eigenvalue weighted by Gasteiger charge is -2.24. The number of benzene rings is 1.